The lowest BCUT2D eigenvalue weighted by Gasteiger charge is -2.16. The minimum atomic E-state index is -4.10. The molecule has 0 spiro atoms. The molecule has 0 aliphatic carbocycles. The van der Waals surface area contributed by atoms with Crippen LogP contribution in [0, 0.1) is 0 Å². The van der Waals surface area contributed by atoms with Crippen molar-refractivity contribution < 1.29 is 29.0 Å². The van der Waals surface area contributed by atoms with Gasteiger partial charge in [0.1, 0.15) is 0 Å². The number of nitrogens with two attached hydrogens (primary N) is 1. The third-order valence-electron chi connectivity index (χ3n) is 4.76. The number of aliphatic carboxylic acids is 1. The molecule has 0 aromatic heterocycles. The lowest BCUT2D eigenvalue weighted by molar-refractivity contribution is -0.135. The number of carbonyl (C=O) groups is 1. The highest BCUT2D eigenvalue weighted by Crippen LogP contribution is 2.31. The van der Waals surface area contributed by atoms with Gasteiger partial charge in [0.2, 0.25) is 0 Å². The quantitative estimate of drug-likeness (QED) is 0.0896. The smallest absolute Gasteiger partial charge is 0.339 e. The van der Waals surface area contributed by atoms with Crippen LogP contribution < -0.4 is 11.1 Å². The standard InChI is InChI=1S/C20H41NO.C3H8NO5P/c1-3-5-6-7-8-9-10-11-12-13-14-17-20(22-4-2)18-15-16-19-21;5-3(6)1-4-2-10(7,8)9/h11-12,20H,3-10,13-19,21H2,1-2H3;4H,1-2H2,(H,5,6)(H2,7,8,9)/b12-11-;. The zero-order valence-electron chi connectivity index (χ0n) is 20.3. The Bertz CT molecular complexity index is 485. The summed E-state index contributed by atoms with van der Waals surface area (Å²) >= 11 is 0. The van der Waals surface area contributed by atoms with Gasteiger partial charge in [-0.15, -0.1) is 0 Å². The highest BCUT2D eigenvalue weighted by molar-refractivity contribution is 7.51. The van der Waals surface area contributed by atoms with Gasteiger partial charge in [0.05, 0.1) is 18.9 Å². The number of hydrogen-bond donors (Lipinski definition) is 5. The number of hydrogen-bond acceptors (Lipinski definition) is 5. The van der Waals surface area contributed by atoms with E-state index >= 15 is 0 Å². The summed E-state index contributed by atoms with van der Waals surface area (Å²) in [6, 6.07) is 0. The molecule has 8 nitrogen and oxygen atoms in total. The second-order valence-electron chi connectivity index (χ2n) is 7.96. The van der Waals surface area contributed by atoms with Crippen LogP contribution in [-0.2, 0) is 14.1 Å². The molecule has 1 atom stereocenters. The van der Waals surface area contributed by atoms with Crippen molar-refractivity contribution in [3.63, 3.8) is 0 Å². The summed E-state index contributed by atoms with van der Waals surface area (Å²) < 4.78 is 15.9. The van der Waals surface area contributed by atoms with Crippen LogP contribution in [0.25, 0.3) is 0 Å². The summed E-state index contributed by atoms with van der Waals surface area (Å²) in [4.78, 5) is 26.1. The molecule has 0 saturated carbocycles. The molecule has 0 aromatic carbocycles. The minimum Gasteiger partial charge on any atom is -0.480 e. The van der Waals surface area contributed by atoms with Crippen molar-refractivity contribution in [3.8, 4) is 0 Å². The third kappa shape index (κ3) is 31.4. The molecule has 192 valence electrons. The van der Waals surface area contributed by atoms with Gasteiger partial charge < -0.3 is 25.4 Å². The zero-order chi connectivity index (χ0) is 24.5. The number of rotatable bonds is 21. The highest BCUT2D eigenvalue weighted by atomic mass is 31.2. The molecular weight excluding hydrogens is 431 g/mol. The van der Waals surface area contributed by atoms with Crippen LogP contribution in [0.3, 0.4) is 0 Å². The highest BCUT2D eigenvalue weighted by Gasteiger charge is 2.11. The van der Waals surface area contributed by atoms with Crippen molar-refractivity contribution in [2.24, 2.45) is 5.73 Å². The number of carboxylic acids is 1. The number of ether oxygens (including phenoxy) is 1. The summed E-state index contributed by atoms with van der Waals surface area (Å²) in [5.41, 5.74) is 5.55. The molecule has 0 bridgehead atoms. The van der Waals surface area contributed by atoms with Gasteiger partial charge in [-0.3, -0.25) is 14.7 Å². The number of carboxylic acid groups (broad SMARTS) is 1. The summed E-state index contributed by atoms with van der Waals surface area (Å²) in [5.74, 6) is -1.14. The molecule has 0 saturated heterocycles. The first kappa shape index (κ1) is 33.4. The van der Waals surface area contributed by atoms with Crippen LogP contribution in [0.1, 0.15) is 97.3 Å². The molecule has 9 heteroatoms. The Balaban J connectivity index is 0. The van der Waals surface area contributed by atoms with E-state index in [0.29, 0.717) is 6.10 Å². The summed E-state index contributed by atoms with van der Waals surface area (Å²) in [5, 5.41) is 10.1. The fraction of sp³-hybridized carbons (Fsp3) is 0.870. The maximum absolute atomic E-state index is 10.1. The predicted octanol–water partition coefficient (Wildman–Crippen LogP) is 4.79. The van der Waals surface area contributed by atoms with Crippen molar-refractivity contribution in [2.75, 3.05) is 26.0 Å². The Kier molecular flexibility index (Phi) is 26.0. The molecular formula is C23H49N2O6P. The molecule has 0 heterocycles. The van der Waals surface area contributed by atoms with E-state index < -0.39 is 26.4 Å². The third-order valence-corrected chi connectivity index (χ3v) is 5.40. The molecule has 0 aliphatic heterocycles. The van der Waals surface area contributed by atoms with Crippen molar-refractivity contribution in [1.29, 1.82) is 0 Å². The Labute approximate surface area is 195 Å². The Morgan fingerprint density at radius 3 is 2.12 bits per heavy atom. The summed E-state index contributed by atoms with van der Waals surface area (Å²) in [6.07, 6.45) is 21.4. The summed E-state index contributed by atoms with van der Waals surface area (Å²) in [6.45, 7) is 5.57. The molecule has 0 aliphatic rings. The van der Waals surface area contributed by atoms with Crippen LogP contribution in [0.4, 0.5) is 0 Å². The Morgan fingerprint density at radius 1 is 0.969 bits per heavy atom. The number of unbranched alkanes of at least 4 members (excludes halogenated alkanes) is 8. The maximum Gasteiger partial charge on any atom is 0.339 e. The maximum atomic E-state index is 10.1. The molecule has 0 rings (SSSR count). The molecule has 0 aromatic rings. The average Bonchev–Trinajstić information content (AvgIpc) is 2.71. The lowest BCUT2D eigenvalue weighted by atomic mass is 10.1. The normalized spacial score (nSPS) is 12.5. The fourth-order valence-electron chi connectivity index (χ4n) is 3.11. The van der Waals surface area contributed by atoms with Gasteiger partial charge in [-0.2, -0.15) is 0 Å². The van der Waals surface area contributed by atoms with Crippen LogP contribution >= 0.6 is 7.60 Å². The van der Waals surface area contributed by atoms with Crippen LogP contribution in [0.2, 0.25) is 0 Å². The summed E-state index contributed by atoms with van der Waals surface area (Å²) in [7, 11) is -4.10. The number of nitrogens with one attached hydrogen (secondary N) is 1. The second kappa shape index (κ2) is 24.9. The average molecular weight is 481 g/mol. The Hall–Kier alpha value is -0.760. The van der Waals surface area contributed by atoms with Crippen molar-refractivity contribution in [1.82, 2.24) is 5.32 Å². The minimum absolute atomic E-state index is 0.439. The van der Waals surface area contributed by atoms with Crippen LogP contribution in [-0.4, -0.2) is 52.9 Å². The Morgan fingerprint density at radius 2 is 1.56 bits per heavy atom. The van der Waals surface area contributed by atoms with E-state index in [4.69, 9.17) is 25.4 Å². The van der Waals surface area contributed by atoms with Crippen molar-refractivity contribution >= 4 is 13.6 Å². The molecule has 32 heavy (non-hydrogen) atoms. The molecule has 0 fully saturated rings. The molecule has 6 N–H and O–H groups in total. The molecule has 1 unspecified atom stereocenters. The molecule has 0 amide bonds. The van der Waals surface area contributed by atoms with Gasteiger partial charge in [-0.1, -0.05) is 51.2 Å². The van der Waals surface area contributed by atoms with E-state index in [0.717, 1.165) is 19.6 Å². The fourth-order valence-corrected chi connectivity index (χ4v) is 3.52. The number of allylic oxidation sites excluding steroid dienone is 2. The topological polar surface area (TPSA) is 142 Å². The van der Waals surface area contributed by atoms with Crippen LogP contribution in [0.5, 0.6) is 0 Å². The first-order chi connectivity index (χ1) is 15.3. The first-order valence-electron chi connectivity index (χ1n) is 12.2. The van der Waals surface area contributed by atoms with E-state index in [1.54, 1.807) is 0 Å². The second-order valence-corrected chi connectivity index (χ2v) is 9.61. The van der Waals surface area contributed by atoms with Gasteiger partial charge >= 0.3 is 13.6 Å². The van der Waals surface area contributed by atoms with Gasteiger partial charge in [-0.05, 0) is 64.8 Å². The largest absolute Gasteiger partial charge is 0.480 e. The van der Waals surface area contributed by atoms with E-state index in [1.165, 1.54) is 77.0 Å². The van der Waals surface area contributed by atoms with E-state index in [9.17, 15) is 9.36 Å². The van der Waals surface area contributed by atoms with Crippen molar-refractivity contribution in [2.45, 2.75) is 103 Å². The van der Waals surface area contributed by atoms with E-state index in [1.807, 2.05) is 0 Å². The van der Waals surface area contributed by atoms with E-state index in [-0.39, 0.29) is 0 Å². The monoisotopic (exact) mass is 480 g/mol. The van der Waals surface area contributed by atoms with Gasteiger partial charge in [-0.25, -0.2) is 0 Å². The van der Waals surface area contributed by atoms with E-state index in [2.05, 4.69) is 31.3 Å². The predicted molar refractivity (Wildman–Crippen MR) is 132 cm³/mol. The van der Waals surface area contributed by atoms with Crippen LogP contribution in [0.15, 0.2) is 12.2 Å². The molecule has 0 radical (unpaired) electrons. The SMILES string of the molecule is CCCCCCCC/C=C\CCCC(CCCCN)OCC.O=C(O)CNCP(=O)(O)O. The lowest BCUT2D eigenvalue weighted by Crippen LogP contribution is -2.23. The van der Waals surface area contributed by atoms with Crippen molar-refractivity contribution in [3.05, 3.63) is 12.2 Å². The van der Waals surface area contributed by atoms with Gasteiger partial charge in [0.15, 0.2) is 0 Å². The first-order valence-corrected chi connectivity index (χ1v) is 14.0. The zero-order valence-corrected chi connectivity index (χ0v) is 21.2. The van der Waals surface area contributed by atoms with Gasteiger partial charge in [0.25, 0.3) is 0 Å². The van der Waals surface area contributed by atoms with Gasteiger partial charge in [0, 0.05) is 6.61 Å².